The SMILES string of the molecule is [2H]C([2H])([2H])c1cc(C(C)(C)C)ccc1-c1cc(-n2c3[c-]c(Oc4[c-]c(N5C=CN(c6ccccc6-c6ccccc6)[CH-]5)cc(C(C)(C)C)c4)ccc3c3ccccc32)ncc1-c1ccccc1.[Pt]. The van der Waals surface area contributed by atoms with Crippen LogP contribution in [0.15, 0.2) is 176 Å². The van der Waals surface area contributed by atoms with E-state index in [-0.39, 0.29) is 31.9 Å². The molecule has 0 saturated carbocycles. The molecule has 0 saturated heterocycles. The van der Waals surface area contributed by atoms with Crippen LogP contribution in [0.3, 0.4) is 0 Å². The number of aromatic nitrogens is 2. The second-order valence-electron chi connectivity index (χ2n) is 18.5. The molecule has 0 unspecified atom stereocenters. The van der Waals surface area contributed by atoms with E-state index in [2.05, 4.69) is 160 Å². The van der Waals surface area contributed by atoms with Gasteiger partial charge in [0.1, 0.15) is 5.82 Å². The summed E-state index contributed by atoms with van der Waals surface area (Å²) in [7, 11) is 0. The predicted molar refractivity (Wildman–Crippen MR) is 266 cm³/mol. The molecule has 7 aromatic carbocycles. The monoisotopic (exact) mass is 1030 g/mol. The van der Waals surface area contributed by atoms with Crippen molar-refractivity contribution in [3.8, 4) is 50.7 Å². The second-order valence-corrected chi connectivity index (χ2v) is 18.5. The molecule has 326 valence electrons. The van der Waals surface area contributed by atoms with Crippen LogP contribution in [0.4, 0.5) is 11.4 Å². The summed E-state index contributed by atoms with van der Waals surface area (Å²) in [5.41, 5.74) is 11.0. The molecule has 9 aromatic rings. The molecular weight excluding hydrogens is 976 g/mol. The summed E-state index contributed by atoms with van der Waals surface area (Å²) in [6.07, 6.45) is 5.98. The summed E-state index contributed by atoms with van der Waals surface area (Å²) in [5, 5.41) is 2.02. The minimum absolute atomic E-state index is 0. The molecule has 0 N–H and O–H groups in total. The van der Waals surface area contributed by atoms with Crippen LogP contribution in [0.25, 0.3) is 61.0 Å². The van der Waals surface area contributed by atoms with Crippen molar-refractivity contribution in [2.24, 2.45) is 0 Å². The molecule has 0 bridgehead atoms. The van der Waals surface area contributed by atoms with E-state index < -0.39 is 6.85 Å². The van der Waals surface area contributed by atoms with Crippen LogP contribution in [0.5, 0.6) is 11.5 Å². The van der Waals surface area contributed by atoms with Crippen molar-refractivity contribution in [1.82, 2.24) is 9.55 Å². The van der Waals surface area contributed by atoms with Crippen molar-refractivity contribution in [3.63, 3.8) is 0 Å². The Kier molecular flexibility index (Phi) is 10.7. The zero-order valence-corrected chi connectivity index (χ0v) is 39.6. The molecule has 0 atom stereocenters. The summed E-state index contributed by atoms with van der Waals surface area (Å²) in [4.78, 5) is 9.34. The Morgan fingerprint density at radius 1 is 0.569 bits per heavy atom. The van der Waals surface area contributed by atoms with Gasteiger partial charge in [0.2, 0.25) is 0 Å². The third kappa shape index (κ3) is 8.54. The first-order valence-electron chi connectivity index (χ1n) is 23.3. The van der Waals surface area contributed by atoms with E-state index in [1.165, 1.54) is 0 Å². The average Bonchev–Trinajstić information content (AvgIpc) is 3.94. The topological polar surface area (TPSA) is 33.5 Å². The van der Waals surface area contributed by atoms with Gasteiger partial charge in [0, 0.05) is 65.2 Å². The van der Waals surface area contributed by atoms with Gasteiger partial charge in [-0.25, -0.2) is 4.98 Å². The maximum atomic E-state index is 8.74. The third-order valence-electron chi connectivity index (χ3n) is 12.0. The molecule has 1 aliphatic heterocycles. The molecule has 1 aliphatic rings. The number of rotatable bonds is 8. The number of para-hydroxylation sites is 2. The number of fused-ring (bicyclic) bond motifs is 3. The number of nitrogens with zero attached hydrogens (tertiary/aromatic N) is 4. The molecule has 65 heavy (non-hydrogen) atoms. The van der Waals surface area contributed by atoms with Gasteiger partial charge in [-0.2, -0.15) is 6.07 Å². The minimum atomic E-state index is -2.36. The van der Waals surface area contributed by atoms with Crippen LogP contribution in [-0.4, -0.2) is 9.55 Å². The Labute approximate surface area is 402 Å². The fraction of sp³-hybridized carbons (Fsp3) is 0.153. The fourth-order valence-corrected chi connectivity index (χ4v) is 8.53. The number of anilines is 2. The quantitative estimate of drug-likeness (QED) is 0.142. The van der Waals surface area contributed by atoms with Crippen molar-refractivity contribution >= 4 is 33.2 Å². The van der Waals surface area contributed by atoms with Crippen molar-refractivity contribution in [3.05, 3.63) is 212 Å². The number of ether oxygens (including phenoxy) is 1. The van der Waals surface area contributed by atoms with Gasteiger partial charge in [-0.3, -0.25) is 0 Å². The summed E-state index contributed by atoms with van der Waals surface area (Å²) in [5.74, 6) is 1.71. The van der Waals surface area contributed by atoms with Crippen LogP contribution in [0, 0.1) is 25.7 Å². The molecule has 0 amide bonds. The van der Waals surface area contributed by atoms with Gasteiger partial charge in [0.25, 0.3) is 0 Å². The van der Waals surface area contributed by atoms with E-state index >= 15 is 0 Å². The molecule has 0 radical (unpaired) electrons. The van der Waals surface area contributed by atoms with Gasteiger partial charge >= 0.3 is 0 Å². The maximum Gasteiger partial charge on any atom is 0.136 e. The van der Waals surface area contributed by atoms with Crippen LogP contribution < -0.4 is 14.5 Å². The van der Waals surface area contributed by atoms with Gasteiger partial charge in [-0.1, -0.05) is 162 Å². The number of hydrogen-bond acceptors (Lipinski definition) is 4. The Morgan fingerprint density at radius 3 is 1.98 bits per heavy atom. The maximum absolute atomic E-state index is 8.74. The number of benzene rings is 7. The standard InChI is InChI=1S/C59H51N4O.Pt/c1-40-32-43(58(2,3)4)26-28-48(40)52-37-57(60-38-53(52)42-20-12-9-13-21-42)63-55-25-17-15-23-50(55)51-29-27-46(36-56(51)63)64-47-34-44(59(5,6)7)33-45(35-47)61-30-31-62(39-61)54-24-16-14-22-49(54)41-18-10-8-11-19-41;/h8-34,37-39H,1-7H3;/q-3;/i1D3;. The van der Waals surface area contributed by atoms with Crippen LogP contribution in [0.1, 0.15) is 62.3 Å². The second kappa shape index (κ2) is 17.4. The molecule has 0 spiro atoms. The van der Waals surface area contributed by atoms with Crippen LogP contribution in [-0.2, 0) is 31.9 Å². The molecule has 0 aliphatic carbocycles. The van der Waals surface area contributed by atoms with E-state index in [9.17, 15) is 0 Å². The number of hydrogen-bond donors (Lipinski definition) is 0. The van der Waals surface area contributed by atoms with E-state index in [0.717, 1.165) is 72.1 Å². The zero-order valence-electron chi connectivity index (χ0n) is 40.3. The predicted octanol–water partition coefficient (Wildman–Crippen LogP) is 15.4. The fourth-order valence-electron chi connectivity index (χ4n) is 8.53. The Morgan fingerprint density at radius 2 is 1.25 bits per heavy atom. The van der Waals surface area contributed by atoms with Gasteiger partial charge in [0.05, 0.1) is 0 Å². The van der Waals surface area contributed by atoms with Crippen molar-refractivity contribution in [2.75, 3.05) is 9.80 Å². The van der Waals surface area contributed by atoms with Crippen molar-refractivity contribution in [2.45, 2.75) is 59.2 Å². The number of aryl methyl sites for hydroxylation is 1. The van der Waals surface area contributed by atoms with Crippen molar-refractivity contribution < 1.29 is 29.9 Å². The molecule has 3 heterocycles. The van der Waals surface area contributed by atoms with Gasteiger partial charge in [0.15, 0.2) is 0 Å². The van der Waals surface area contributed by atoms with Crippen molar-refractivity contribution in [1.29, 1.82) is 0 Å². The Bertz CT molecular complexity index is 3330. The van der Waals surface area contributed by atoms with E-state index in [4.69, 9.17) is 13.8 Å². The molecule has 5 nitrogen and oxygen atoms in total. The smallest absolute Gasteiger partial charge is 0.136 e. The minimum Gasteiger partial charge on any atom is -0.509 e. The first-order valence-corrected chi connectivity index (χ1v) is 21.8. The summed E-state index contributed by atoms with van der Waals surface area (Å²) < 4.78 is 35.1. The first-order chi connectivity index (χ1) is 32.1. The average molecular weight is 1030 g/mol. The first kappa shape index (κ1) is 39.9. The largest absolute Gasteiger partial charge is 0.509 e. The Hall–Kier alpha value is -6.68. The zero-order chi connectivity index (χ0) is 46.7. The number of pyridine rings is 1. The molecule has 0 fully saturated rings. The van der Waals surface area contributed by atoms with Gasteiger partial charge < -0.3 is 19.1 Å². The third-order valence-corrected chi connectivity index (χ3v) is 12.0. The summed E-state index contributed by atoms with van der Waals surface area (Å²) in [6.45, 7) is 12.6. The van der Waals surface area contributed by atoms with Crippen LogP contribution >= 0.6 is 0 Å². The van der Waals surface area contributed by atoms with Gasteiger partial charge in [-0.15, -0.1) is 53.6 Å². The Balaban J connectivity index is 0.00000578. The molecule has 6 heteroatoms. The van der Waals surface area contributed by atoms with Gasteiger partial charge in [-0.05, 0) is 87.0 Å². The summed E-state index contributed by atoms with van der Waals surface area (Å²) in [6, 6.07) is 60.5. The normalized spacial score (nSPS) is 13.7. The molecule has 10 rings (SSSR count). The van der Waals surface area contributed by atoms with E-state index in [1.807, 2.05) is 91.3 Å². The van der Waals surface area contributed by atoms with E-state index in [1.54, 1.807) is 0 Å². The molecular formula is C59H51N4OPt-3. The van der Waals surface area contributed by atoms with E-state index in [0.29, 0.717) is 28.4 Å². The summed E-state index contributed by atoms with van der Waals surface area (Å²) >= 11 is 0. The van der Waals surface area contributed by atoms with Crippen LogP contribution in [0.2, 0.25) is 0 Å². The molecule has 2 aromatic heterocycles.